The topological polar surface area (TPSA) is 66.3 Å². The second kappa shape index (κ2) is 5.13. The molecule has 0 amide bonds. The normalized spacial score (nSPS) is 19.2. The summed E-state index contributed by atoms with van der Waals surface area (Å²) in [6.07, 6.45) is 3.67. The third-order valence-corrected chi connectivity index (χ3v) is 4.41. The molecule has 3 heterocycles. The van der Waals surface area contributed by atoms with Gasteiger partial charge < -0.3 is 10.0 Å². The summed E-state index contributed by atoms with van der Waals surface area (Å²) < 4.78 is 0. The molecule has 1 N–H and O–H groups in total. The number of carboxylic acids is 1. The second-order valence-corrected chi connectivity index (χ2v) is 5.76. The minimum atomic E-state index is -0.708. The Balaban J connectivity index is 1.74. The SMILES string of the molecule is O=C(O)CCC1CCN(c2ncnc3sccc23)C1. The monoisotopic (exact) mass is 277 g/mol. The van der Waals surface area contributed by atoms with Crippen molar-refractivity contribution in [3.63, 3.8) is 0 Å². The zero-order valence-electron chi connectivity index (χ0n) is 10.5. The van der Waals surface area contributed by atoms with Gasteiger partial charge in [0.1, 0.15) is 17.0 Å². The molecule has 0 saturated carbocycles. The Kier molecular flexibility index (Phi) is 3.33. The molecule has 1 atom stereocenters. The Morgan fingerprint density at radius 1 is 1.53 bits per heavy atom. The number of hydrogen-bond donors (Lipinski definition) is 1. The largest absolute Gasteiger partial charge is 0.481 e. The third-order valence-electron chi connectivity index (χ3n) is 3.59. The van der Waals surface area contributed by atoms with E-state index in [1.54, 1.807) is 17.7 Å². The molecule has 1 unspecified atom stereocenters. The van der Waals surface area contributed by atoms with Gasteiger partial charge in [-0.15, -0.1) is 11.3 Å². The van der Waals surface area contributed by atoms with Crippen LogP contribution in [0.2, 0.25) is 0 Å². The molecule has 2 aromatic rings. The number of aliphatic carboxylic acids is 1. The highest BCUT2D eigenvalue weighted by Crippen LogP contribution is 2.31. The van der Waals surface area contributed by atoms with Crippen molar-refractivity contribution in [3.8, 4) is 0 Å². The fraction of sp³-hybridized carbons (Fsp3) is 0.462. The van der Waals surface area contributed by atoms with Crippen molar-refractivity contribution >= 4 is 33.3 Å². The summed E-state index contributed by atoms with van der Waals surface area (Å²) in [5.74, 6) is 0.740. The maximum Gasteiger partial charge on any atom is 0.303 e. The van der Waals surface area contributed by atoms with Crippen LogP contribution in [-0.4, -0.2) is 34.1 Å². The van der Waals surface area contributed by atoms with E-state index in [2.05, 4.69) is 20.9 Å². The molecule has 5 nitrogen and oxygen atoms in total. The van der Waals surface area contributed by atoms with Gasteiger partial charge in [0.2, 0.25) is 0 Å². The molecule has 0 spiro atoms. The van der Waals surface area contributed by atoms with Crippen LogP contribution in [0.3, 0.4) is 0 Å². The van der Waals surface area contributed by atoms with Crippen LogP contribution in [0.15, 0.2) is 17.8 Å². The Labute approximate surface area is 114 Å². The maximum atomic E-state index is 10.6. The number of fused-ring (bicyclic) bond motifs is 1. The summed E-state index contributed by atoms with van der Waals surface area (Å²) in [5, 5.41) is 11.9. The van der Waals surface area contributed by atoms with Crippen LogP contribution in [0.1, 0.15) is 19.3 Å². The number of aromatic nitrogens is 2. The summed E-state index contributed by atoms with van der Waals surface area (Å²) in [7, 11) is 0. The van der Waals surface area contributed by atoms with Crippen LogP contribution >= 0.6 is 11.3 Å². The van der Waals surface area contributed by atoms with Crippen molar-refractivity contribution in [2.75, 3.05) is 18.0 Å². The van der Waals surface area contributed by atoms with E-state index < -0.39 is 5.97 Å². The molecule has 19 heavy (non-hydrogen) atoms. The Hall–Kier alpha value is -1.69. The van der Waals surface area contributed by atoms with E-state index in [0.717, 1.165) is 42.0 Å². The van der Waals surface area contributed by atoms with Crippen molar-refractivity contribution in [2.24, 2.45) is 5.92 Å². The summed E-state index contributed by atoms with van der Waals surface area (Å²) in [6.45, 7) is 1.85. The zero-order chi connectivity index (χ0) is 13.2. The molecule has 6 heteroatoms. The van der Waals surface area contributed by atoms with E-state index in [1.807, 2.05) is 5.38 Å². The molecule has 1 fully saturated rings. The van der Waals surface area contributed by atoms with Crippen molar-refractivity contribution in [1.29, 1.82) is 0 Å². The highest BCUT2D eigenvalue weighted by Gasteiger charge is 2.25. The van der Waals surface area contributed by atoms with Crippen molar-refractivity contribution in [3.05, 3.63) is 17.8 Å². The molecular formula is C13H15N3O2S. The smallest absolute Gasteiger partial charge is 0.303 e. The van der Waals surface area contributed by atoms with Gasteiger partial charge in [0.25, 0.3) is 0 Å². The van der Waals surface area contributed by atoms with Gasteiger partial charge in [-0.25, -0.2) is 9.97 Å². The van der Waals surface area contributed by atoms with Gasteiger partial charge in [-0.3, -0.25) is 4.79 Å². The molecule has 3 rings (SSSR count). The van der Waals surface area contributed by atoms with Crippen LogP contribution in [-0.2, 0) is 4.79 Å². The minimum absolute atomic E-state index is 0.260. The summed E-state index contributed by atoms with van der Waals surface area (Å²) >= 11 is 1.62. The number of nitrogens with zero attached hydrogens (tertiary/aromatic N) is 3. The van der Waals surface area contributed by atoms with Gasteiger partial charge in [-0.05, 0) is 30.2 Å². The molecule has 100 valence electrons. The first kappa shape index (κ1) is 12.3. The van der Waals surface area contributed by atoms with Crippen LogP contribution in [0.5, 0.6) is 0 Å². The highest BCUT2D eigenvalue weighted by molar-refractivity contribution is 7.16. The zero-order valence-corrected chi connectivity index (χ0v) is 11.3. The first-order valence-electron chi connectivity index (χ1n) is 6.39. The number of rotatable bonds is 4. The predicted molar refractivity (Wildman–Crippen MR) is 74.6 cm³/mol. The third kappa shape index (κ3) is 2.53. The first-order valence-corrected chi connectivity index (χ1v) is 7.27. The Morgan fingerprint density at radius 2 is 2.42 bits per heavy atom. The molecule has 0 aromatic carbocycles. The molecule has 0 radical (unpaired) electrons. The van der Waals surface area contributed by atoms with E-state index in [0.29, 0.717) is 5.92 Å². The quantitative estimate of drug-likeness (QED) is 0.929. The van der Waals surface area contributed by atoms with Gasteiger partial charge in [0, 0.05) is 19.5 Å². The molecule has 0 aliphatic carbocycles. The lowest BCUT2D eigenvalue weighted by molar-refractivity contribution is -0.137. The first-order chi connectivity index (χ1) is 9.24. The van der Waals surface area contributed by atoms with Crippen LogP contribution < -0.4 is 4.90 Å². The van der Waals surface area contributed by atoms with Crippen molar-refractivity contribution in [1.82, 2.24) is 9.97 Å². The van der Waals surface area contributed by atoms with E-state index in [1.165, 1.54) is 0 Å². The Morgan fingerprint density at radius 3 is 3.26 bits per heavy atom. The fourth-order valence-electron chi connectivity index (χ4n) is 2.62. The Bertz CT molecular complexity index is 598. The number of carbonyl (C=O) groups is 1. The molecule has 0 bridgehead atoms. The number of carboxylic acid groups (broad SMARTS) is 1. The van der Waals surface area contributed by atoms with Gasteiger partial charge in [0.05, 0.1) is 5.39 Å². The lowest BCUT2D eigenvalue weighted by Gasteiger charge is -2.17. The summed E-state index contributed by atoms with van der Waals surface area (Å²) in [6, 6.07) is 2.06. The fourth-order valence-corrected chi connectivity index (χ4v) is 3.34. The number of hydrogen-bond acceptors (Lipinski definition) is 5. The lowest BCUT2D eigenvalue weighted by atomic mass is 10.0. The molecule has 1 saturated heterocycles. The standard InChI is InChI=1S/C13H15N3O2S/c17-11(18)2-1-9-3-5-16(7-9)12-10-4-6-19-13(10)15-8-14-12/h4,6,8-9H,1-3,5,7H2,(H,17,18). The molecule has 2 aromatic heterocycles. The number of anilines is 1. The van der Waals surface area contributed by atoms with Gasteiger partial charge in [-0.1, -0.05) is 0 Å². The van der Waals surface area contributed by atoms with Crippen LogP contribution in [0, 0.1) is 5.92 Å². The van der Waals surface area contributed by atoms with E-state index in [4.69, 9.17) is 5.11 Å². The molecule has 1 aliphatic rings. The molecular weight excluding hydrogens is 262 g/mol. The molecule has 1 aliphatic heterocycles. The predicted octanol–water partition coefficient (Wildman–Crippen LogP) is 2.38. The second-order valence-electron chi connectivity index (χ2n) is 4.87. The van der Waals surface area contributed by atoms with E-state index in [-0.39, 0.29) is 6.42 Å². The van der Waals surface area contributed by atoms with E-state index in [9.17, 15) is 4.79 Å². The lowest BCUT2D eigenvalue weighted by Crippen LogP contribution is -2.21. The van der Waals surface area contributed by atoms with Crippen LogP contribution in [0.4, 0.5) is 5.82 Å². The van der Waals surface area contributed by atoms with Crippen LogP contribution in [0.25, 0.3) is 10.2 Å². The van der Waals surface area contributed by atoms with Crippen molar-refractivity contribution in [2.45, 2.75) is 19.3 Å². The van der Waals surface area contributed by atoms with Gasteiger partial charge in [-0.2, -0.15) is 0 Å². The van der Waals surface area contributed by atoms with Gasteiger partial charge in [0.15, 0.2) is 0 Å². The van der Waals surface area contributed by atoms with Gasteiger partial charge >= 0.3 is 5.97 Å². The average molecular weight is 277 g/mol. The summed E-state index contributed by atoms with van der Waals surface area (Å²) in [5.41, 5.74) is 0. The van der Waals surface area contributed by atoms with Crippen molar-refractivity contribution < 1.29 is 9.90 Å². The van der Waals surface area contributed by atoms with E-state index >= 15 is 0 Å². The minimum Gasteiger partial charge on any atom is -0.481 e. The maximum absolute atomic E-state index is 10.6. The average Bonchev–Trinajstić information content (AvgIpc) is 3.04. The number of thiophene rings is 1. The summed E-state index contributed by atoms with van der Waals surface area (Å²) in [4.78, 5) is 22.5. The highest BCUT2D eigenvalue weighted by atomic mass is 32.1.